The highest BCUT2D eigenvalue weighted by Crippen LogP contribution is 2.35. The third kappa shape index (κ3) is 5.61. The minimum Gasteiger partial charge on any atom is -0.487 e. The quantitative estimate of drug-likeness (QED) is 0.309. The second-order valence-corrected chi connectivity index (χ2v) is 8.91. The zero-order chi connectivity index (χ0) is 25.8. The fourth-order valence-electron chi connectivity index (χ4n) is 3.30. The van der Waals surface area contributed by atoms with E-state index in [-0.39, 0.29) is 40.2 Å². The Morgan fingerprint density at radius 3 is 2.67 bits per heavy atom. The summed E-state index contributed by atoms with van der Waals surface area (Å²) in [4.78, 5) is 49.1. The topological polar surface area (TPSA) is 123 Å². The molecular formula is C25H18ClNO8S. The average Bonchev–Trinajstić information content (AvgIpc) is 3.43. The first-order chi connectivity index (χ1) is 17.2. The van der Waals surface area contributed by atoms with Crippen molar-refractivity contribution in [2.75, 3.05) is 7.11 Å². The van der Waals surface area contributed by atoms with Crippen LogP contribution in [0.1, 0.15) is 37.8 Å². The number of amides is 2. The van der Waals surface area contributed by atoms with Crippen molar-refractivity contribution in [1.29, 1.82) is 0 Å². The second kappa shape index (κ2) is 10.7. The van der Waals surface area contributed by atoms with Crippen LogP contribution in [0.15, 0.2) is 63.9 Å². The molecule has 36 heavy (non-hydrogen) atoms. The van der Waals surface area contributed by atoms with Crippen molar-refractivity contribution >= 4 is 52.5 Å². The molecule has 0 aliphatic carbocycles. The van der Waals surface area contributed by atoms with Gasteiger partial charge in [0.2, 0.25) is 5.76 Å². The molecule has 0 spiro atoms. The lowest BCUT2D eigenvalue weighted by molar-refractivity contribution is -0.123. The van der Waals surface area contributed by atoms with Gasteiger partial charge in [-0.25, -0.2) is 9.59 Å². The van der Waals surface area contributed by atoms with Gasteiger partial charge < -0.3 is 19.0 Å². The Morgan fingerprint density at radius 1 is 1.14 bits per heavy atom. The van der Waals surface area contributed by atoms with E-state index in [0.29, 0.717) is 16.9 Å². The van der Waals surface area contributed by atoms with Gasteiger partial charge in [0.15, 0.2) is 0 Å². The van der Waals surface area contributed by atoms with Gasteiger partial charge in [-0.2, -0.15) is 0 Å². The normalized spacial score (nSPS) is 14.4. The van der Waals surface area contributed by atoms with Crippen LogP contribution in [0.25, 0.3) is 6.08 Å². The third-order valence-corrected chi connectivity index (χ3v) is 6.26. The molecule has 2 heterocycles. The number of carbonyl (C=O) groups is 4. The molecule has 1 fully saturated rings. The van der Waals surface area contributed by atoms with Gasteiger partial charge in [0.05, 0.1) is 29.1 Å². The number of rotatable bonds is 8. The number of methoxy groups -OCH3 is 1. The highest BCUT2D eigenvalue weighted by atomic mass is 35.5. The number of ether oxygens (including phenoxy) is 2. The number of nitrogens with zero attached hydrogens (tertiary/aromatic N) is 1. The van der Waals surface area contributed by atoms with Crippen molar-refractivity contribution in [3.63, 3.8) is 0 Å². The summed E-state index contributed by atoms with van der Waals surface area (Å²) >= 11 is 7.11. The van der Waals surface area contributed by atoms with E-state index >= 15 is 0 Å². The van der Waals surface area contributed by atoms with Crippen LogP contribution < -0.4 is 4.74 Å². The summed E-state index contributed by atoms with van der Waals surface area (Å²) in [7, 11) is 1.22. The van der Waals surface area contributed by atoms with Gasteiger partial charge in [-0.05, 0) is 65.4 Å². The second-order valence-electron chi connectivity index (χ2n) is 7.51. The Balaban J connectivity index is 1.43. The number of carbonyl (C=O) groups excluding carboxylic acids is 3. The summed E-state index contributed by atoms with van der Waals surface area (Å²) in [5.74, 6) is -1.58. The molecular weight excluding hydrogens is 510 g/mol. The number of esters is 1. The Bertz CT molecular complexity index is 1400. The zero-order valence-electron chi connectivity index (χ0n) is 18.7. The molecule has 0 bridgehead atoms. The molecule has 4 rings (SSSR count). The van der Waals surface area contributed by atoms with Gasteiger partial charge in [0.1, 0.15) is 18.1 Å². The van der Waals surface area contributed by atoms with Gasteiger partial charge in [-0.1, -0.05) is 29.8 Å². The molecule has 0 atom stereocenters. The molecule has 1 aliphatic heterocycles. The molecule has 3 aromatic rings. The minimum atomic E-state index is -1.03. The van der Waals surface area contributed by atoms with Crippen molar-refractivity contribution in [1.82, 2.24) is 4.90 Å². The van der Waals surface area contributed by atoms with E-state index in [1.165, 1.54) is 31.4 Å². The highest BCUT2D eigenvalue weighted by molar-refractivity contribution is 8.18. The number of furan rings is 1. The van der Waals surface area contributed by atoms with Crippen LogP contribution in [0, 0.1) is 0 Å². The summed E-state index contributed by atoms with van der Waals surface area (Å²) in [5, 5.41) is 8.91. The third-order valence-electron chi connectivity index (χ3n) is 5.06. The number of benzene rings is 2. The summed E-state index contributed by atoms with van der Waals surface area (Å²) < 4.78 is 15.6. The maximum atomic E-state index is 12.8. The number of hydrogen-bond acceptors (Lipinski definition) is 8. The monoisotopic (exact) mass is 527 g/mol. The number of hydrogen-bond donors (Lipinski definition) is 1. The maximum Gasteiger partial charge on any atom is 0.373 e. The summed E-state index contributed by atoms with van der Waals surface area (Å²) in [6.45, 7) is -0.0147. The lowest BCUT2D eigenvalue weighted by Gasteiger charge is -2.10. The SMILES string of the molecule is COC(=O)c1ccc(CN2C(=O)S/C(=C/c3ccc(OCc4cccc(C(=O)O)c4)c(Cl)c3)C2=O)o1. The van der Waals surface area contributed by atoms with Crippen LogP contribution >= 0.6 is 23.4 Å². The van der Waals surface area contributed by atoms with Gasteiger partial charge in [-0.15, -0.1) is 0 Å². The number of carboxylic acids is 1. The van der Waals surface area contributed by atoms with E-state index in [4.69, 9.17) is 25.9 Å². The van der Waals surface area contributed by atoms with Crippen LogP contribution in [-0.4, -0.2) is 40.2 Å². The van der Waals surface area contributed by atoms with Crippen LogP contribution in [0.3, 0.4) is 0 Å². The van der Waals surface area contributed by atoms with Crippen molar-refractivity contribution in [2.45, 2.75) is 13.2 Å². The maximum absolute atomic E-state index is 12.8. The van der Waals surface area contributed by atoms with Gasteiger partial charge in [-0.3, -0.25) is 14.5 Å². The van der Waals surface area contributed by atoms with E-state index in [2.05, 4.69) is 4.74 Å². The van der Waals surface area contributed by atoms with Crippen LogP contribution in [0.4, 0.5) is 4.79 Å². The van der Waals surface area contributed by atoms with Crippen molar-refractivity contribution in [3.8, 4) is 5.75 Å². The molecule has 0 saturated carbocycles. The van der Waals surface area contributed by atoms with E-state index in [1.807, 2.05) is 0 Å². The van der Waals surface area contributed by atoms with Gasteiger partial charge in [0.25, 0.3) is 11.1 Å². The largest absolute Gasteiger partial charge is 0.487 e. The predicted molar refractivity (Wildman–Crippen MR) is 131 cm³/mol. The molecule has 2 aromatic carbocycles. The predicted octanol–water partition coefficient (Wildman–Crippen LogP) is 5.23. The zero-order valence-corrected chi connectivity index (χ0v) is 20.3. The number of carboxylic acid groups (broad SMARTS) is 1. The Morgan fingerprint density at radius 2 is 1.94 bits per heavy atom. The fraction of sp³-hybridized carbons (Fsp3) is 0.120. The van der Waals surface area contributed by atoms with E-state index in [1.54, 1.807) is 36.4 Å². The van der Waals surface area contributed by atoms with Crippen LogP contribution in [0.2, 0.25) is 5.02 Å². The molecule has 2 amide bonds. The molecule has 1 N–H and O–H groups in total. The first-order valence-corrected chi connectivity index (χ1v) is 11.6. The lowest BCUT2D eigenvalue weighted by atomic mass is 10.1. The molecule has 9 nitrogen and oxygen atoms in total. The van der Waals surface area contributed by atoms with Crippen molar-refractivity contribution in [2.24, 2.45) is 0 Å². The first-order valence-electron chi connectivity index (χ1n) is 10.4. The molecule has 1 saturated heterocycles. The smallest absolute Gasteiger partial charge is 0.373 e. The summed E-state index contributed by atoms with van der Waals surface area (Å²) in [6, 6.07) is 14.2. The van der Waals surface area contributed by atoms with E-state index in [0.717, 1.165) is 16.7 Å². The highest BCUT2D eigenvalue weighted by Gasteiger charge is 2.35. The summed E-state index contributed by atoms with van der Waals surface area (Å²) in [5.41, 5.74) is 1.40. The van der Waals surface area contributed by atoms with Crippen molar-refractivity contribution in [3.05, 3.63) is 92.7 Å². The number of thioether (sulfide) groups is 1. The molecule has 1 aliphatic rings. The summed E-state index contributed by atoms with van der Waals surface area (Å²) in [6.07, 6.45) is 1.54. The molecule has 0 unspecified atom stereocenters. The van der Waals surface area contributed by atoms with Crippen LogP contribution in [-0.2, 0) is 22.7 Å². The molecule has 1 aromatic heterocycles. The number of aromatic carboxylic acids is 1. The van der Waals surface area contributed by atoms with E-state index < -0.39 is 23.1 Å². The fourth-order valence-corrected chi connectivity index (χ4v) is 4.38. The molecule has 0 radical (unpaired) electrons. The number of halogens is 1. The Kier molecular flexibility index (Phi) is 7.47. The molecule has 184 valence electrons. The van der Waals surface area contributed by atoms with Gasteiger partial charge in [0, 0.05) is 0 Å². The number of imide groups is 1. The first kappa shape index (κ1) is 25.1. The Hall–Kier alpha value is -4.02. The van der Waals surface area contributed by atoms with Crippen molar-refractivity contribution < 1.29 is 38.2 Å². The molecule has 11 heteroatoms. The lowest BCUT2D eigenvalue weighted by Crippen LogP contribution is -2.27. The van der Waals surface area contributed by atoms with Gasteiger partial charge >= 0.3 is 11.9 Å². The van der Waals surface area contributed by atoms with Crippen LogP contribution in [0.5, 0.6) is 5.75 Å². The average molecular weight is 528 g/mol. The minimum absolute atomic E-state index is 0.0263. The van der Waals surface area contributed by atoms with E-state index in [9.17, 15) is 19.2 Å². The standard InChI is InChI=1S/C25H18ClNO8S/c1-33-24(31)20-8-6-17(35-20)12-27-22(28)21(36-25(27)32)11-14-5-7-19(18(26)10-14)34-13-15-3-2-4-16(9-15)23(29)30/h2-11H,12-13H2,1H3,(H,29,30)/b21-11+. The Labute approximate surface area is 214 Å².